The fraction of sp³-hybridized carbons (Fsp3) is 0.455. The number of anilines is 1. The van der Waals surface area contributed by atoms with Gasteiger partial charge in [0.1, 0.15) is 0 Å². The number of nitrogens with one attached hydrogen (secondary N) is 1. The molecule has 1 N–H and O–H groups in total. The lowest BCUT2D eigenvalue weighted by atomic mass is 10.4. The first-order chi connectivity index (χ1) is 7.75. The summed E-state index contributed by atoms with van der Waals surface area (Å²) in [6.45, 7) is 2.26. The monoisotopic (exact) mass is 237 g/mol. The maximum atomic E-state index is 11.5. The van der Waals surface area contributed by atoms with Gasteiger partial charge in [-0.1, -0.05) is 0 Å². The third-order valence-electron chi connectivity index (χ3n) is 2.59. The van der Waals surface area contributed by atoms with Crippen molar-refractivity contribution in [1.82, 2.24) is 9.88 Å². The summed E-state index contributed by atoms with van der Waals surface area (Å²) >= 11 is 4.31. The summed E-state index contributed by atoms with van der Waals surface area (Å²) in [7, 11) is 0. The van der Waals surface area contributed by atoms with E-state index in [2.05, 4.69) is 22.9 Å². The van der Waals surface area contributed by atoms with E-state index in [9.17, 15) is 4.79 Å². The molecule has 86 valence electrons. The Hall–Kier alpha value is -1.23. The molecule has 1 aliphatic rings. The topological polar surface area (TPSA) is 45.2 Å². The van der Waals surface area contributed by atoms with Gasteiger partial charge in [0.05, 0.1) is 0 Å². The number of amides is 1. The Morgan fingerprint density at radius 2 is 2.25 bits per heavy atom. The maximum Gasteiger partial charge on any atom is 0.223 e. The second kappa shape index (κ2) is 5.21. The normalized spacial score (nSPS) is 20.2. The van der Waals surface area contributed by atoms with E-state index in [1.165, 1.54) is 0 Å². The van der Waals surface area contributed by atoms with Crippen molar-refractivity contribution in [3.05, 3.63) is 24.5 Å². The third-order valence-corrected chi connectivity index (χ3v) is 2.93. The van der Waals surface area contributed by atoms with E-state index in [-0.39, 0.29) is 11.2 Å². The Balaban J connectivity index is 1.74. The number of rotatable bonds is 4. The predicted molar refractivity (Wildman–Crippen MR) is 66.7 cm³/mol. The summed E-state index contributed by atoms with van der Waals surface area (Å²) in [4.78, 5) is 17.3. The average molecular weight is 237 g/mol. The van der Waals surface area contributed by atoms with Gasteiger partial charge in [0.25, 0.3) is 0 Å². The highest BCUT2D eigenvalue weighted by atomic mass is 32.1. The zero-order valence-electron chi connectivity index (χ0n) is 8.97. The van der Waals surface area contributed by atoms with Crippen molar-refractivity contribution in [3.63, 3.8) is 0 Å². The molecular weight excluding hydrogens is 222 g/mol. The molecule has 0 radical (unpaired) electrons. The number of nitrogens with zero attached hydrogens (tertiary/aromatic N) is 2. The summed E-state index contributed by atoms with van der Waals surface area (Å²) in [5.41, 5.74) is 1.03. The standard InChI is InChI=1S/C11H15N3OS/c15-11-7-10(16)8-14(11)6-5-13-9-1-3-12-4-2-9/h1-4,10,16H,5-8H2,(H,12,13). The molecule has 0 bridgehead atoms. The van der Waals surface area contributed by atoms with Crippen LogP contribution in [-0.2, 0) is 4.79 Å². The Bertz CT molecular complexity index is 358. The highest BCUT2D eigenvalue weighted by Gasteiger charge is 2.26. The Kier molecular flexibility index (Phi) is 3.66. The number of hydrogen-bond donors (Lipinski definition) is 2. The fourth-order valence-electron chi connectivity index (χ4n) is 1.77. The molecule has 16 heavy (non-hydrogen) atoms. The van der Waals surface area contributed by atoms with Crippen molar-refractivity contribution < 1.29 is 4.79 Å². The lowest BCUT2D eigenvalue weighted by Gasteiger charge is -2.16. The largest absolute Gasteiger partial charge is 0.383 e. The highest BCUT2D eigenvalue weighted by Crippen LogP contribution is 2.15. The lowest BCUT2D eigenvalue weighted by molar-refractivity contribution is -0.127. The Labute approximate surface area is 100 Å². The van der Waals surface area contributed by atoms with Gasteiger partial charge in [-0.3, -0.25) is 9.78 Å². The van der Waals surface area contributed by atoms with Crippen LogP contribution >= 0.6 is 12.6 Å². The number of hydrogen-bond acceptors (Lipinski definition) is 4. The van der Waals surface area contributed by atoms with Crippen LogP contribution in [0.1, 0.15) is 6.42 Å². The van der Waals surface area contributed by atoms with Crippen LogP contribution in [0.5, 0.6) is 0 Å². The van der Waals surface area contributed by atoms with Gasteiger partial charge >= 0.3 is 0 Å². The van der Waals surface area contributed by atoms with Crippen LogP contribution in [0.3, 0.4) is 0 Å². The van der Waals surface area contributed by atoms with Crippen molar-refractivity contribution >= 4 is 24.2 Å². The zero-order valence-corrected chi connectivity index (χ0v) is 9.86. The summed E-state index contributed by atoms with van der Waals surface area (Å²) in [5, 5.41) is 3.45. The first-order valence-electron chi connectivity index (χ1n) is 5.35. The van der Waals surface area contributed by atoms with Gasteiger partial charge in [0.2, 0.25) is 5.91 Å². The van der Waals surface area contributed by atoms with Crippen molar-refractivity contribution in [2.75, 3.05) is 25.0 Å². The van der Waals surface area contributed by atoms with Crippen LogP contribution in [0.2, 0.25) is 0 Å². The number of pyridine rings is 1. The minimum Gasteiger partial charge on any atom is -0.383 e. The molecule has 2 heterocycles. The first kappa shape index (κ1) is 11.3. The van der Waals surface area contributed by atoms with Crippen molar-refractivity contribution in [3.8, 4) is 0 Å². The predicted octanol–water partition coefficient (Wildman–Crippen LogP) is 1.02. The molecule has 0 aliphatic carbocycles. The molecule has 2 rings (SSSR count). The van der Waals surface area contributed by atoms with Crippen LogP contribution in [0, 0.1) is 0 Å². The molecule has 1 unspecified atom stereocenters. The Morgan fingerprint density at radius 1 is 1.50 bits per heavy atom. The van der Waals surface area contributed by atoms with Crippen LogP contribution in [-0.4, -0.2) is 40.7 Å². The van der Waals surface area contributed by atoms with Gasteiger partial charge in [-0.2, -0.15) is 12.6 Å². The van der Waals surface area contributed by atoms with E-state index < -0.39 is 0 Å². The van der Waals surface area contributed by atoms with Gasteiger partial charge < -0.3 is 10.2 Å². The number of aromatic nitrogens is 1. The lowest BCUT2D eigenvalue weighted by Crippen LogP contribution is -2.30. The van der Waals surface area contributed by atoms with Gasteiger partial charge in [-0.05, 0) is 12.1 Å². The van der Waals surface area contributed by atoms with Crippen LogP contribution in [0.25, 0.3) is 0 Å². The minimum absolute atomic E-state index is 0.202. The Morgan fingerprint density at radius 3 is 2.88 bits per heavy atom. The SMILES string of the molecule is O=C1CC(S)CN1CCNc1ccncc1. The maximum absolute atomic E-state index is 11.5. The smallest absolute Gasteiger partial charge is 0.223 e. The summed E-state index contributed by atoms with van der Waals surface area (Å²) in [5.74, 6) is 0.205. The highest BCUT2D eigenvalue weighted by molar-refractivity contribution is 7.81. The molecule has 0 aromatic carbocycles. The number of carbonyl (C=O) groups is 1. The van der Waals surface area contributed by atoms with E-state index in [0.29, 0.717) is 6.42 Å². The van der Waals surface area contributed by atoms with Gasteiger partial charge in [-0.15, -0.1) is 0 Å². The van der Waals surface area contributed by atoms with E-state index >= 15 is 0 Å². The minimum atomic E-state index is 0.202. The van der Waals surface area contributed by atoms with E-state index in [0.717, 1.165) is 25.3 Å². The van der Waals surface area contributed by atoms with E-state index in [1.807, 2.05) is 17.0 Å². The molecule has 0 saturated carbocycles. The molecule has 1 aromatic heterocycles. The summed E-state index contributed by atoms with van der Waals surface area (Å²) in [6, 6.07) is 3.82. The van der Waals surface area contributed by atoms with Crippen LogP contribution in [0.4, 0.5) is 5.69 Å². The second-order valence-corrected chi connectivity index (χ2v) is 4.59. The first-order valence-corrected chi connectivity index (χ1v) is 5.87. The molecule has 1 aromatic rings. The second-order valence-electron chi connectivity index (χ2n) is 3.86. The number of likely N-dealkylation sites (tertiary alicyclic amines) is 1. The molecule has 1 atom stereocenters. The van der Waals surface area contributed by atoms with E-state index in [4.69, 9.17) is 0 Å². The quantitative estimate of drug-likeness (QED) is 0.769. The average Bonchev–Trinajstić information content (AvgIpc) is 2.59. The molecule has 5 heteroatoms. The molecular formula is C11H15N3OS. The fourth-order valence-corrected chi connectivity index (χ4v) is 2.13. The van der Waals surface area contributed by atoms with Gasteiger partial charge in [0.15, 0.2) is 0 Å². The van der Waals surface area contributed by atoms with Gasteiger partial charge in [-0.25, -0.2) is 0 Å². The number of carbonyl (C=O) groups excluding carboxylic acids is 1. The van der Waals surface area contributed by atoms with Crippen molar-refractivity contribution in [1.29, 1.82) is 0 Å². The molecule has 4 nitrogen and oxygen atoms in total. The molecule has 1 saturated heterocycles. The van der Waals surface area contributed by atoms with Crippen LogP contribution in [0.15, 0.2) is 24.5 Å². The van der Waals surface area contributed by atoms with Crippen molar-refractivity contribution in [2.45, 2.75) is 11.7 Å². The molecule has 1 fully saturated rings. The molecule has 1 amide bonds. The zero-order chi connectivity index (χ0) is 11.4. The van der Waals surface area contributed by atoms with E-state index in [1.54, 1.807) is 12.4 Å². The number of thiol groups is 1. The van der Waals surface area contributed by atoms with Gasteiger partial charge in [0, 0.05) is 49.4 Å². The summed E-state index contributed by atoms with van der Waals surface area (Å²) in [6.07, 6.45) is 4.05. The third kappa shape index (κ3) is 2.88. The van der Waals surface area contributed by atoms with Crippen molar-refractivity contribution in [2.24, 2.45) is 0 Å². The molecule has 0 spiro atoms. The summed E-state index contributed by atoms with van der Waals surface area (Å²) < 4.78 is 0. The van der Waals surface area contributed by atoms with Crippen LogP contribution < -0.4 is 5.32 Å². The molecule has 1 aliphatic heterocycles.